The molecule has 0 aliphatic carbocycles. The standard InChI is InChI=1S/C19H19N5O3/c1-13(7-8-14-5-3-2-4-6-14)22-18(26)16-12-27-19(23-16)24-17(25)15-11-20-9-10-21-15/h2-6,9-13H,7-8H2,1H3,(H,22,26)(H,23,24,25)/t13-/m0/s1. The van der Waals surface area contributed by atoms with Gasteiger partial charge in [-0.1, -0.05) is 30.3 Å². The zero-order valence-electron chi connectivity index (χ0n) is 14.8. The maximum atomic E-state index is 12.3. The van der Waals surface area contributed by atoms with Crippen LogP contribution in [0.15, 0.2) is 59.6 Å². The van der Waals surface area contributed by atoms with Gasteiger partial charge in [0.05, 0.1) is 6.20 Å². The molecule has 8 heteroatoms. The first-order chi connectivity index (χ1) is 13.1. The van der Waals surface area contributed by atoms with Crippen LogP contribution in [-0.2, 0) is 6.42 Å². The van der Waals surface area contributed by atoms with E-state index < -0.39 is 5.91 Å². The number of carbonyl (C=O) groups excluding carboxylic acids is 2. The number of aryl methyl sites for hydroxylation is 1. The van der Waals surface area contributed by atoms with Crippen molar-refractivity contribution in [3.8, 4) is 0 Å². The van der Waals surface area contributed by atoms with Gasteiger partial charge in [0.25, 0.3) is 11.8 Å². The average molecular weight is 365 g/mol. The third-order valence-electron chi connectivity index (χ3n) is 3.84. The number of oxazole rings is 1. The van der Waals surface area contributed by atoms with Gasteiger partial charge in [0.1, 0.15) is 12.0 Å². The Hall–Kier alpha value is -3.55. The number of nitrogens with zero attached hydrogens (tertiary/aromatic N) is 3. The lowest BCUT2D eigenvalue weighted by atomic mass is 10.1. The van der Waals surface area contributed by atoms with Crippen molar-refractivity contribution in [1.82, 2.24) is 20.3 Å². The minimum Gasteiger partial charge on any atom is -0.431 e. The van der Waals surface area contributed by atoms with Gasteiger partial charge in [-0.2, -0.15) is 4.98 Å². The molecule has 0 saturated heterocycles. The average Bonchev–Trinajstić information content (AvgIpc) is 3.16. The van der Waals surface area contributed by atoms with Crippen molar-refractivity contribution in [3.63, 3.8) is 0 Å². The summed E-state index contributed by atoms with van der Waals surface area (Å²) in [5.41, 5.74) is 1.43. The van der Waals surface area contributed by atoms with E-state index in [9.17, 15) is 9.59 Å². The molecule has 2 N–H and O–H groups in total. The SMILES string of the molecule is C[C@@H](CCc1ccccc1)NC(=O)c1coc(NC(=O)c2cnccn2)n1. The number of carbonyl (C=O) groups is 2. The molecule has 1 aromatic carbocycles. The molecule has 0 saturated carbocycles. The highest BCUT2D eigenvalue weighted by atomic mass is 16.4. The Morgan fingerprint density at radius 3 is 2.67 bits per heavy atom. The van der Waals surface area contributed by atoms with Gasteiger partial charge in [-0.05, 0) is 25.3 Å². The highest BCUT2D eigenvalue weighted by Gasteiger charge is 2.17. The molecule has 2 heterocycles. The van der Waals surface area contributed by atoms with Crippen molar-refractivity contribution in [1.29, 1.82) is 0 Å². The molecule has 0 fully saturated rings. The Morgan fingerprint density at radius 2 is 1.93 bits per heavy atom. The van der Waals surface area contributed by atoms with Crippen LogP contribution in [-0.4, -0.2) is 32.8 Å². The van der Waals surface area contributed by atoms with E-state index in [0.717, 1.165) is 12.8 Å². The summed E-state index contributed by atoms with van der Waals surface area (Å²) in [5, 5.41) is 5.30. The fraction of sp³-hybridized carbons (Fsp3) is 0.211. The molecule has 0 spiro atoms. The highest BCUT2D eigenvalue weighted by Crippen LogP contribution is 2.10. The molecule has 0 aliphatic rings. The van der Waals surface area contributed by atoms with E-state index >= 15 is 0 Å². The van der Waals surface area contributed by atoms with Crippen molar-refractivity contribution in [3.05, 3.63) is 72.1 Å². The molecular formula is C19H19N5O3. The minimum atomic E-state index is -0.520. The Morgan fingerprint density at radius 1 is 1.11 bits per heavy atom. The number of nitrogens with one attached hydrogen (secondary N) is 2. The van der Waals surface area contributed by atoms with Crippen LogP contribution >= 0.6 is 0 Å². The van der Waals surface area contributed by atoms with Gasteiger partial charge in [0, 0.05) is 18.4 Å². The number of rotatable bonds is 7. The summed E-state index contributed by atoms with van der Waals surface area (Å²) in [7, 11) is 0. The van der Waals surface area contributed by atoms with Crippen molar-refractivity contribution >= 4 is 17.8 Å². The Labute approximate surface area is 156 Å². The molecule has 1 atom stereocenters. The molecular weight excluding hydrogens is 346 g/mol. The first-order valence-corrected chi connectivity index (χ1v) is 8.49. The van der Waals surface area contributed by atoms with Gasteiger partial charge in [0.2, 0.25) is 0 Å². The molecule has 138 valence electrons. The zero-order valence-corrected chi connectivity index (χ0v) is 14.8. The van der Waals surface area contributed by atoms with Crippen molar-refractivity contribution in [2.45, 2.75) is 25.8 Å². The largest absolute Gasteiger partial charge is 0.431 e. The smallest absolute Gasteiger partial charge is 0.302 e. The molecule has 2 amide bonds. The van der Waals surface area contributed by atoms with E-state index in [4.69, 9.17) is 4.42 Å². The topological polar surface area (TPSA) is 110 Å². The lowest BCUT2D eigenvalue weighted by Crippen LogP contribution is -2.33. The van der Waals surface area contributed by atoms with E-state index in [-0.39, 0.29) is 29.4 Å². The van der Waals surface area contributed by atoms with Crippen LogP contribution in [0.4, 0.5) is 6.01 Å². The lowest BCUT2D eigenvalue weighted by molar-refractivity contribution is 0.0932. The van der Waals surface area contributed by atoms with Gasteiger partial charge in [0.15, 0.2) is 5.69 Å². The summed E-state index contributed by atoms with van der Waals surface area (Å²) in [4.78, 5) is 35.9. The van der Waals surface area contributed by atoms with E-state index in [1.54, 1.807) is 0 Å². The number of hydrogen-bond donors (Lipinski definition) is 2. The van der Waals surface area contributed by atoms with E-state index in [1.165, 1.54) is 30.4 Å². The van der Waals surface area contributed by atoms with Gasteiger partial charge >= 0.3 is 6.01 Å². The molecule has 3 aromatic rings. The quantitative estimate of drug-likeness (QED) is 0.665. The minimum absolute atomic E-state index is 0.0351. The third kappa shape index (κ3) is 5.21. The second kappa shape index (κ2) is 8.70. The van der Waals surface area contributed by atoms with Crippen LogP contribution in [0.5, 0.6) is 0 Å². The molecule has 27 heavy (non-hydrogen) atoms. The lowest BCUT2D eigenvalue weighted by Gasteiger charge is -2.12. The van der Waals surface area contributed by atoms with Crippen LogP contribution in [0.25, 0.3) is 0 Å². The fourth-order valence-electron chi connectivity index (χ4n) is 2.41. The number of anilines is 1. The predicted octanol–water partition coefficient (Wildman–Crippen LogP) is 2.47. The second-order valence-electron chi connectivity index (χ2n) is 5.98. The molecule has 8 nitrogen and oxygen atoms in total. The van der Waals surface area contributed by atoms with Crippen LogP contribution in [0.2, 0.25) is 0 Å². The van der Waals surface area contributed by atoms with Gasteiger partial charge in [-0.25, -0.2) is 4.98 Å². The van der Waals surface area contributed by atoms with E-state index in [1.807, 2.05) is 25.1 Å². The summed E-state index contributed by atoms with van der Waals surface area (Å²) < 4.78 is 5.14. The summed E-state index contributed by atoms with van der Waals surface area (Å²) in [6.45, 7) is 1.93. The summed E-state index contributed by atoms with van der Waals surface area (Å²) in [6, 6.07) is 9.95. The summed E-state index contributed by atoms with van der Waals surface area (Å²) in [6.07, 6.45) is 7.04. The Bertz CT molecular complexity index is 896. The third-order valence-corrected chi connectivity index (χ3v) is 3.84. The second-order valence-corrected chi connectivity index (χ2v) is 5.98. The van der Waals surface area contributed by atoms with Gasteiger partial charge in [-0.15, -0.1) is 0 Å². The maximum absolute atomic E-state index is 12.3. The molecule has 0 unspecified atom stereocenters. The normalized spacial score (nSPS) is 11.6. The van der Waals surface area contributed by atoms with Crippen molar-refractivity contribution < 1.29 is 14.0 Å². The number of aromatic nitrogens is 3. The van der Waals surface area contributed by atoms with Crippen molar-refractivity contribution in [2.24, 2.45) is 0 Å². The molecule has 3 rings (SSSR count). The first-order valence-electron chi connectivity index (χ1n) is 8.49. The maximum Gasteiger partial charge on any atom is 0.302 e. The Balaban J connectivity index is 1.51. The number of hydrogen-bond acceptors (Lipinski definition) is 6. The van der Waals surface area contributed by atoms with Gasteiger partial charge < -0.3 is 9.73 Å². The van der Waals surface area contributed by atoms with Crippen LogP contribution in [0.3, 0.4) is 0 Å². The van der Waals surface area contributed by atoms with E-state index in [2.05, 4.69) is 37.7 Å². The van der Waals surface area contributed by atoms with Crippen LogP contribution < -0.4 is 10.6 Å². The first kappa shape index (κ1) is 18.2. The number of benzene rings is 1. The highest BCUT2D eigenvalue weighted by molar-refractivity contribution is 6.01. The van der Waals surface area contributed by atoms with Crippen LogP contribution in [0.1, 0.15) is 39.9 Å². The van der Waals surface area contributed by atoms with E-state index in [0.29, 0.717) is 0 Å². The molecule has 0 radical (unpaired) electrons. The van der Waals surface area contributed by atoms with Crippen molar-refractivity contribution in [2.75, 3.05) is 5.32 Å². The number of amides is 2. The molecule has 0 aliphatic heterocycles. The summed E-state index contributed by atoms with van der Waals surface area (Å²) in [5.74, 6) is -0.882. The Kier molecular flexibility index (Phi) is 5.88. The monoisotopic (exact) mass is 365 g/mol. The van der Waals surface area contributed by atoms with Crippen LogP contribution in [0, 0.1) is 0 Å². The molecule has 2 aromatic heterocycles. The molecule has 0 bridgehead atoms. The fourth-order valence-corrected chi connectivity index (χ4v) is 2.41. The van der Waals surface area contributed by atoms with Gasteiger partial charge in [-0.3, -0.25) is 19.9 Å². The zero-order chi connectivity index (χ0) is 19.1. The summed E-state index contributed by atoms with van der Waals surface area (Å²) >= 11 is 0. The predicted molar refractivity (Wildman–Crippen MR) is 98.2 cm³/mol.